The molecule has 3 heterocycles. The van der Waals surface area contributed by atoms with Crippen molar-refractivity contribution in [2.24, 2.45) is 7.05 Å². The third kappa shape index (κ3) is 2.02. The first-order valence-electron chi connectivity index (χ1n) is 7.95. The Balaban J connectivity index is 1.78. The monoisotopic (exact) mass is 317 g/mol. The van der Waals surface area contributed by atoms with Crippen LogP contribution in [0.1, 0.15) is 47.8 Å². The van der Waals surface area contributed by atoms with Gasteiger partial charge in [0.2, 0.25) is 0 Å². The lowest BCUT2D eigenvalue weighted by atomic mass is 10.1. The van der Waals surface area contributed by atoms with Crippen LogP contribution in [0.3, 0.4) is 0 Å². The molecule has 116 valence electrons. The summed E-state index contributed by atoms with van der Waals surface area (Å²) in [5.41, 5.74) is 4.75. The van der Waals surface area contributed by atoms with Gasteiger partial charge in [-0.05, 0) is 39.0 Å². The SMILES string of the molecule is Cc1nn(C)c(Cl)c1[C@H]1CCCN1c1ncnc2c1CCC2. The molecule has 1 saturated heterocycles. The fraction of sp³-hybridized carbons (Fsp3) is 0.562. The molecule has 0 bridgehead atoms. The molecular weight excluding hydrogens is 298 g/mol. The van der Waals surface area contributed by atoms with Gasteiger partial charge in [-0.1, -0.05) is 11.6 Å². The van der Waals surface area contributed by atoms with Crippen molar-refractivity contribution in [1.29, 1.82) is 0 Å². The van der Waals surface area contributed by atoms with Crippen molar-refractivity contribution in [2.45, 2.75) is 45.1 Å². The molecule has 4 rings (SSSR count). The number of anilines is 1. The maximum atomic E-state index is 6.51. The molecule has 1 aliphatic carbocycles. The molecule has 2 aromatic rings. The zero-order chi connectivity index (χ0) is 15.3. The van der Waals surface area contributed by atoms with E-state index in [0.717, 1.165) is 54.5 Å². The van der Waals surface area contributed by atoms with Crippen LogP contribution in [-0.2, 0) is 19.9 Å². The van der Waals surface area contributed by atoms with Crippen molar-refractivity contribution in [3.8, 4) is 0 Å². The van der Waals surface area contributed by atoms with Gasteiger partial charge in [0, 0.05) is 30.4 Å². The Morgan fingerprint density at radius 2 is 2.09 bits per heavy atom. The first-order chi connectivity index (χ1) is 10.7. The predicted molar refractivity (Wildman–Crippen MR) is 86.3 cm³/mol. The Hall–Kier alpha value is -1.62. The van der Waals surface area contributed by atoms with E-state index >= 15 is 0 Å². The summed E-state index contributed by atoms with van der Waals surface area (Å²) >= 11 is 6.51. The third-order valence-electron chi connectivity index (χ3n) is 4.91. The number of halogens is 1. The standard InChI is InChI=1S/C16H20ClN5/c1-10-14(15(17)21(2)20-10)13-7-4-8-22(13)16-11-5-3-6-12(11)18-9-19-16/h9,13H,3-8H2,1-2H3/t13-/m1/s1. The van der Waals surface area contributed by atoms with Gasteiger partial charge in [-0.2, -0.15) is 5.10 Å². The molecular formula is C16H20ClN5. The molecule has 0 aromatic carbocycles. The highest BCUT2D eigenvalue weighted by molar-refractivity contribution is 6.30. The number of nitrogens with zero attached hydrogens (tertiary/aromatic N) is 5. The van der Waals surface area contributed by atoms with Crippen LogP contribution in [0.25, 0.3) is 0 Å². The topological polar surface area (TPSA) is 46.8 Å². The number of aromatic nitrogens is 4. The van der Waals surface area contributed by atoms with Crippen LogP contribution in [0.5, 0.6) is 0 Å². The fourth-order valence-electron chi connectivity index (χ4n) is 3.94. The average molecular weight is 318 g/mol. The summed E-state index contributed by atoms with van der Waals surface area (Å²) in [6.45, 7) is 3.07. The van der Waals surface area contributed by atoms with E-state index in [2.05, 4.69) is 20.0 Å². The normalized spacial score (nSPS) is 20.7. The lowest BCUT2D eigenvalue weighted by molar-refractivity contribution is 0.701. The predicted octanol–water partition coefficient (Wildman–Crippen LogP) is 3.00. The quantitative estimate of drug-likeness (QED) is 0.854. The van der Waals surface area contributed by atoms with E-state index in [4.69, 9.17) is 11.6 Å². The van der Waals surface area contributed by atoms with Crippen molar-refractivity contribution in [1.82, 2.24) is 19.7 Å². The van der Waals surface area contributed by atoms with Gasteiger partial charge in [0.1, 0.15) is 17.3 Å². The largest absolute Gasteiger partial charge is 0.349 e. The molecule has 0 amide bonds. The summed E-state index contributed by atoms with van der Waals surface area (Å²) in [7, 11) is 1.90. The molecule has 22 heavy (non-hydrogen) atoms. The van der Waals surface area contributed by atoms with Crippen LogP contribution in [0, 0.1) is 6.92 Å². The summed E-state index contributed by atoms with van der Waals surface area (Å²) in [6.07, 6.45) is 7.34. The Morgan fingerprint density at radius 3 is 2.86 bits per heavy atom. The van der Waals surface area contributed by atoms with Gasteiger partial charge in [-0.15, -0.1) is 0 Å². The first-order valence-corrected chi connectivity index (χ1v) is 8.33. The molecule has 1 fully saturated rings. The lowest BCUT2D eigenvalue weighted by Gasteiger charge is -2.27. The van der Waals surface area contributed by atoms with Crippen LogP contribution in [0.2, 0.25) is 5.15 Å². The second kappa shape index (κ2) is 5.23. The summed E-state index contributed by atoms with van der Waals surface area (Å²) < 4.78 is 1.77. The maximum absolute atomic E-state index is 6.51. The van der Waals surface area contributed by atoms with E-state index in [9.17, 15) is 0 Å². The molecule has 2 aromatic heterocycles. The molecule has 0 radical (unpaired) electrons. The number of aryl methyl sites for hydroxylation is 3. The van der Waals surface area contributed by atoms with Crippen LogP contribution in [0.15, 0.2) is 6.33 Å². The van der Waals surface area contributed by atoms with Crippen molar-refractivity contribution in [3.63, 3.8) is 0 Å². The highest BCUT2D eigenvalue weighted by Gasteiger charge is 2.34. The minimum absolute atomic E-state index is 0.279. The molecule has 5 nitrogen and oxygen atoms in total. The van der Waals surface area contributed by atoms with Crippen molar-refractivity contribution in [3.05, 3.63) is 34.0 Å². The highest BCUT2D eigenvalue weighted by atomic mass is 35.5. The molecule has 0 saturated carbocycles. The maximum Gasteiger partial charge on any atom is 0.135 e. The van der Waals surface area contributed by atoms with Gasteiger partial charge >= 0.3 is 0 Å². The Bertz CT molecular complexity index is 724. The molecule has 1 aliphatic heterocycles. The minimum Gasteiger partial charge on any atom is -0.349 e. The van der Waals surface area contributed by atoms with E-state index in [0.29, 0.717) is 0 Å². The summed E-state index contributed by atoms with van der Waals surface area (Å²) in [4.78, 5) is 11.5. The van der Waals surface area contributed by atoms with E-state index < -0.39 is 0 Å². The van der Waals surface area contributed by atoms with Crippen LogP contribution < -0.4 is 4.90 Å². The third-order valence-corrected chi connectivity index (χ3v) is 5.35. The summed E-state index contributed by atoms with van der Waals surface area (Å²) in [6, 6.07) is 0.279. The number of hydrogen-bond donors (Lipinski definition) is 0. The van der Waals surface area contributed by atoms with Gasteiger partial charge in [-0.25, -0.2) is 9.97 Å². The Kier molecular flexibility index (Phi) is 3.33. The molecule has 6 heteroatoms. The van der Waals surface area contributed by atoms with Crippen molar-refractivity contribution < 1.29 is 0 Å². The molecule has 1 atom stereocenters. The molecule has 0 unspecified atom stereocenters. The van der Waals surface area contributed by atoms with Crippen LogP contribution in [0.4, 0.5) is 5.82 Å². The van der Waals surface area contributed by atoms with Crippen molar-refractivity contribution in [2.75, 3.05) is 11.4 Å². The van der Waals surface area contributed by atoms with Crippen LogP contribution >= 0.6 is 11.6 Å². The van der Waals surface area contributed by atoms with Gasteiger partial charge < -0.3 is 4.90 Å². The van der Waals surface area contributed by atoms with Crippen molar-refractivity contribution >= 4 is 17.4 Å². The fourth-order valence-corrected chi connectivity index (χ4v) is 4.24. The molecule has 0 spiro atoms. The lowest BCUT2D eigenvalue weighted by Crippen LogP contribution is -2.25. The molecule has 0 N–H and O–H groups in total. The minimum atomic E-state index is 0.279. The van der Waals surface area contributed by atoms with Gasteiger partial charge in [-0.3, -0.25) is 4.68 Å². The second-order valence-corrected chi connectivity index (χ2v) is 6.60. The Labute approximate surface area is 135 Å². The van der Waals surface area contributed by atoms with E-state index in [-0.39, 0.29) is 6.04 Å². The van der Waals surface area contributed by atoms with Gasteiger partial charge in [0.15, 0.2) is 0 Å². The number of fused-ring (bicyclic) bond motifs is 1. The first kappa shape index (κ1) is 14.0. The average Bonchev–Trinajstić information content (AvgIpc) is 3.19. The summed E-state index contributed by atoms with van der Waals surface area (Å²) in [5.74, 6) is 1.12. The number of hydrogen-bond acceptors (Lipinski definition) is 4. The summed E-state index contributed by atoms with van der Waals surface area (Å²) in [5, 5.41) is 5.23. The molecule has 2 aliphatic rings. The van der Waals surface area contributed by atoms with Gasteiger partial charge in [0.25, 0.3) is 0 Å². The zero-order valence-electron chi connectivity index (χ0n) is 13.0. The smallest absolute Gasteiger partial charge is 0.135 e. The second-order valence-electron chi connectivity index (χ2n) is 6.24. The van der Waals surface area contributed by atoms with E-state index in [1.165, 1.54) is 17.7 Å². The highest BCUT2D eigenvalue weighted by Crippen LogP contribution is 2.41. The van der Waals surface area contributed by atoms with Gasteiger partial charge in [0.05, 0.1) is 11.7 Å². The number of rotatable bonds is 2. The van der Waals surface area contributed by atoms with Crippen LogP contribution in [-0.4, -0.2) is 26.3 Å². The van der Waals surface area contributed by atoms with E-state index in [1.54, 1.807) is 11.0 Å². The van der Waals surface area contributed by atoms with E-state index in [1.807, 2.05) is 14.0 Å². The Morgan fingerprint density at radius 1 is 1.23 bits per heavy atom. The zero-order valence-corrected chi connectivity index (χ0v) is 13.8.